The maximum absolute atomic E-state index is 12.5. The van der Waals surface area contributed by atoms with Crippen molar-refractivity contribution >= 4 is 49.3 Å². The van der Waals surface area contributed by atoms with Gasteiger partial charge in [-0.15, -0.1) is 0 Å². The van der Waals surface area contributed by atoms with Crippen LogP contribution in [0.15, 0.2) is 0 Å². The summed E-state index contributed by atoms with van der Waals surface area (Å²) in [5.74, 6) is -22.7. The van der Waals surface area contributed by atoms with Crippen molar-refractivity contribution in [2.75, 3.05) is 0 Å². The van der Waals surface area contributed by atoms with Gasteiger partial charge in [0, 0.05) is 0 Å². The molecule has 0 aliphatic rings. The molecule has 10 nitrogen and oxygen atoms in total. The van der Waals surface area contributed by atoms with Gasteiger partial charge in [-0.25, -0.2) is 0 Å². The van der Waals surface area contributed by atoms with E-state index in [-0.39, 0.29) is 0 Å². The first kappa shape index (κ1) is 33.1. The van der Waals surface area contributed by atoms with Crippen molar-refractivity contribution in [2.24, 2.45) is 0 Å². The molecular weight excluding hydrogens is 687 g/mol. The summed E-state index contributed by atoms with van der Waals surface area (Å²) in [6.45, 7) is 0. The Morgan fingerprint density at radius 3 is 0.528 bits per heavy atom. The summed E-state index contributed by atoms with van der Waals surface area (Å²) >= 11 is -11.2. The van der Waals surface area contributed by atoms with Crippen molar-refractivity contribution in [2.45, 2.75) is 30.9 Å². The second-order valence-corrected chi connectivity index (χ2v) is 12.0. The molecule has 0 aromatic rings. The van der Waals surface area contributed by atoms with Crippen LogP contribution in [0.3, 0.4) is 0 Å². The fraction of sp³-hybridized carbons (Fsp3) is 0.500. The van der Waals surface area contributed by atoms with Crippen LogP contribution in [-0.4, -0.2) is 80.2 Å². The van der Waals surface area contributed by atoms with E-state index in [0.29, 0.717) is 0 Å². The molecule has 0 heterocycles. The first-order chi connectivity index (χ1) is 15.5. The van der Waals surface area contributed by atoms with Crippen molar-refractivity contribution in [3.8, 4) is 0 Å². The van der Waals surface area contributed by atoms with Gasteiger partial charge in [-0.2, -0.15) is 0 Å². The molecule has 0 unspecified atom stereocenters. The Balaban J connectivity index is 7.76. The van der Waals surface area contributed by atoms with E-state index in [1.54, 1.807) is 0 Å². The van der Waals surface area contributed by atoms with Crippen molar-refractivity contribution < 1.29 is 105 Å². The van der Waals surface area contributed by atoms with Gasteiger partial charge in [0.25, 0.3) is 0 Å². The second-order valence-electron chi connectivity index (χ2n) is 5.13. The third-order valence-corrected chi connectivity index (χ3v) is 8.94. The Labute approximate surface area is 185 Å². The third kappa shape index (κ3) is 8.65. The Bertz CT molecular complexity index is 744. The molecule has 0 bridgehead atoms. The molecule has 0 spiro atoms. The van der Waals surface area contributed by atoms with E-state index in [4.69, 9.17) is 0 Å². The van der Waals surface area contributed by atoms with E-state index in [1.807, 2.05) is 0 Å². The summed E-state index contributed by atoms with van der Waals surface area (Å²) in [7, 11) is 0. The van der Waals surface area contributed by atoms with E-state index in [2.05, 4.69) is 15.1 Å². The molecule has 0 aliphatic carbocycles. The van der Waals surface area contributed by atoms with E-state index >= 15 is 0 Å². The number of halogens is 15. The Kier molecular flexibility index (Phi) is 8.77. The number of hydrogen-bond acceptors (Lipinski definition) is 10. The number of alkyl halides is 15. The molecule has 36 heavy (non-hydrogen) atoms. The summed E-state index contributed by atoms with van der Waals surface area (Å²) in [6.07, 6.45) is -34.5. The van der Waals surface area contributed by atoms with Gasteiger partial charge < -0.3 is 0 Å². The molecule has 0 aliphatic heterocycles. The topological polar surface area (TPSA) is 132 Å². The second kappa shape index (κ2) is 9.53. The quantitative estimate of drug-likeness (QED) is 0.314. The molecule has 0 amide bonds. The van der Waals surface area contributed by atoms with Crippen LogP contribution in [0.5, 0.6) is 0 Å². The summed E-state index contributed by atoms with van der Waals surface area (Å²) in [5, 5.41) is 0. The molecule has 26 heteroatoms. The summed E-state index contributed by atoms with van der Waals surface area (Å²) in [5.41, 5.74) is 0. The number of hydrogen-bond donors (Lipinski definition) is 0. The zero-order valence-electron chi connectivity index (χ0n) is 15.2. The standard InChI is InChI=1S/5C2HF3O2.Sb/c5*3-2(4,5)1(6)7;/h5*(H,6,7);/q;;;;;+5/p-5. The molecule has 0 N–H and O–H groups in total. The van der Waals surface area contributed by atoms with Crippen molar-refractivity contribution in [3.05, 3.63) is 0 Å². The van der Waals surface area contributed by atoms with Gasteiger partial charge >= 0.3 is 185 Å². The zero-order valence-corrected chi connectivity index (χ0v) is 17.8. The predicted octanol–water partition coefficient (Wildman–Crippen LogP) is 2.40. The van der Waals surface area contributed by atoms with Gasteiger partial charge in [-0.1, -0.05) is 0 Å². The minimum absolute atomic E-state index is 2.52. The number of carbonyl (C=O) groups is 5. The monoisotopic (exact) mass is 686 g/mol. The van der Waals surface area contributed by atoms with Gasteiger partial charge in [-0.3, -0.25) is 0 Å². The molecule has 0 aromatic heterocycles. The fourth-order valence-corrected chi connectivity index (χ4v) is 7.53. The molecule has 0 saturated carbocycles. The van der Waals surface area contributed by atoms with Gasteiger partial charge in [0.15, 0.2) is 0 Å². The molecule has 0 atom stereocenters. The molecule has 0 radical (unpaired) electrons. The predicted molar refractivity (Wildman–Crippen MR) is 66.5 cm³/mol. The first-order valence-electron chi connectivity index (χ1n) is 7.04. The van der Waals surface area contributed by atoms with Gasteiger partial charge in [0.1, 0.15) is 0 Å². The normalized spacial score (nSPS) is 14.6. The molecular formula is C10F15O10Sb. The van der Waals surface area contributed by atoms with Crippen LogP contribution < -0.4 is 0 Å². The van der Waals surface area contributed by atoms with Crippen LogP contribution in [0.2, 0.25) is 0 Å². The fourth-order valence-electron chi connectivity index (χ4n) is 1.12. The molecule has 0 aromatic carbocycles. The van der Waals surface area contributed by atoms with Crippen LogP contribution in [0, 0.1) is 0 Å². The van der Waals surface area contributed by atoms with Crippen LogP contribution in [-0.2, 0) is 39.0 Å². The maximum atomic E-state index is 12.5. The summed E-state index contributed by atoms with van der Waals surface area (Å²) in [6, 6.07) is 0. The average Bonchev–Trinajstić information content (AvgIpc) is 2.57. The molecule has 210 valence electrons. The number of rotatable bonds is 5. The van der Waals surface area contributed by atoms with Gasteiger partial charge in [0.2, 0.25) is 0 Å². The third-order valence-electron chi connectivity index (χ3n) is 2.32. The van der Waals surface area contributed by atoms with Crippen molar-refractivity contribution in [1.29, 1.82) is 0 Å². The van der Waals surface area contributed by atoms with Gasteiger partial charge in [-0.05, 0) is 0 Å². The van der Waals surface area contributed by atoms with Gasteiger partial charge in [0.05, 0.1) is 0 Å². The summed E-state index contributed by atoms with van der Waals surface area (Å²) < 4.78 is 201. The minimum atomic E-state index is -11.2. The molecule has 0 saturated heterocycles. The molecule has 0 rings (SSSR count). The van der Waals surface area contributed by atoms with E-state index in [1.165, 1.54) is 0 Å². The van der Waals surface area contributed by atoms with Crippen LogP contribution in [0.1, 0.15) is 0 Å². The SMILES string of the molecule is O=C([O][Sb]([O]C(=O)C(F)(F)F)([O]C(=O)C(F)(F)F)([O]C(=O)C(F)(F)F)[O]C(=O)C(F)(F)F)C(F)(F)F. The van der Waals surface area contributed by atoms with Crippen LogP contribution in [0.4, 0.5) is 65.9 Å². The number of carbonyl (C=O) groups excluding carboxylic acids is 5. The van der Waals surface area contributed by atoms with Crippen molar-refractivity contribution in [3.63, 3.8) is 0 Å². The summed E-state index contributed by atoms with van der Waals surface area (Å²) in [4.78, 5) is 55.1. The van der Waals surface area contributed by atoms with E-state index in [0.717, 1.165) is 0 Å². The van der Waals surface area contributed by atoms with Crippen LogP contribution >= 0.6 is 0 Å². The van der Waals surface area contributed by atoms with E-state index < -0.39 is 80.2 Å². The van der Waals surface area contributed by atoms with Crippen molar-refractivity contribution in [1.82, 2.24) is 0 Å². The Morgan fingerprint density at radius 2 is 0.444 bits per heavy atom. The first-order valence-corrected chi connectivity index (χ1v) is 12.2. The molecule has 0 fully saturated rings. The van der Waals surface area contributed by atoms with E-state index in [9.17, 15) is 89.8 Å². The Morgan fingerprint density at radius 1 is 0.333 bits per heavy atom. The zero-order chi connectivity index (χ0) is 29.4. The average molecular weight is 687 g/mol. The Hall–Kier alpha value is -2.88. The van der Waals surface area contributed by atoms with Crippen LogP contribution in [0.25, 0.3) is 0 Å².